The van der Waals surface area contributed by atoms with E-state index in [-0.39, 0.29) is 5.91 Å². The lowest BCUT2D eigenvalue weighted by atomic mass is 10.2. The summed E-state index contributed by atoms with van der Waals surface area (Å²) in [7, 11) is -2.93. The van der Waals surface area contributed by atoms with Gasteiger partial charge in [-0.1, -0.05) is 6.42 Å². The molecule has 0 atom stereocenters. The number of carbonyl (C=O) groups is 1. The maximum atomic E-state index is 10.9. The summed E-state index contributed by atoms with van der Waals surface area (Å²) in [6.07, 6.45) is 5.46. The molecule has 0 bridgehead atoms. The van der Waals surface area contributed by atoms with E-state index in [9.17, 15) is 13.2 Å². The van der Waals surface area contributed by atoms with Crippen LogP contribution < -0.4 is 16.0 Å². The number of amides is 1. The van der Waals surface area contributed by atoms with Gasteiger partial charge in [0.25, 0.3) is 0 Å². The van der Waals surface area contributed by atoms with Gasteiger partial charge < -0.3 is 20.9 Å². The van der Waals surface area contributed by atoms with Crippen molar-refractivity contribution in [3.05, 3.63) is 0 Å². The Bertz CT molecular complexity index is 445. The predicted molar refractivity (Wildman–Crippen MR) is 101 cm³/mol. The quantitative estimate of drug-likeness (QED) is 0.546. The first-order valence-electron chi connectivity index (χ1n) is 9.24. The highest BCUT2D eigenvalue weighted by Gasteiger charge is 2.17. The number of hydrogen-bond donors (Lipinski definition) is 3. The Labute approximate surface area is 152 Å². The maximum Gasteiger partial charge on any atom is 0.219 e. The number of piperidine rings is 1. The Hall–Kier alpha value is -0.740. The van der Waals surface area contributed by atoms with E-state index in [1.807, 2.05) is 4.90 Å². The first kappa shape index (κ1) is 22.3. The Morgan fingerprint density at radius 1 is 0.760 bits per heavy atom. The van der Waals surface area contributed by atoms with Crippen LogP contribution in [-0.2, 0) is 14.8 Å². The minimum Gasteiger partial charge on any atom is -0.340 e. The third kappa shape index (κ3) is 10.8. The molecule has 8 nitrogen and oxygen atoms in total. The summed E-state index contributed by atoms with van der Waals surface area (Å²) in [5.74, 6) is 0.191. The summed E-state index contributed by atoms with van der Waals surface area (Å²) in [6.45, 7) is 10.5. The molecule has 3 aliphatic rings. The Kier molecular flexibility index (Phi) is 11.2. The smallest absolute Gasteiger partial charge is 0.219 e. The van der Waals surface area contributed by atoms with E-state index >= 15 is 0 Å². The predicted octanol–water partition coefficient (Wildman–Crippen LogP) is -0.951. The van der Waals surface area contributed by atoms with Crippen molar-refractivity contribution < 1.29 is 13.2 Å². The van der Waals surface area contributed by atoms with Gasteiger partial charge >= 0.3 is 0 Å². The minimum absolute atomic E-state index is 0.191. The molecule has 3 fully saturated rings. The van der Waals surface area contributed by atoms with Crippen LogP contribution in [0.25, 0.3) is 0 Å². The van der Waals surface area contributed by atoms with Gasteiger partial charge in [-0.05, 0) is 25.9 Å². The number of piperazine rings is 2. The van der Waals surface area contributed by atoms with Crippen molar-refractivity contribution in [1.29, 1.82) is 0 Å². The fraction of sp³-hybridized carbons (Fsp3) is 0.938. The number of hydrogen-bond acceptors (Lipinski definition) is 6. The molecule has 0 saturated carbocycles. The number of nitrogens with one attached hydrogen (secondary N) is 3. The number of sulfonamides is 1. The first-order valence-corrected chi connectivity index (χ1v) is 11.1. The zero-order chi connectivity index (χ0) is 18.5. The first-order chi connectivity index (χ1) is 11.9. The topological polar surface area (TPSA) is 93.8 Å². The molecule has 3 heterocycles. The van der Waals surface area contributed by atoms with E-state index in [4.69, 9.17) is 0 Å². The van der Waals surface area contributed by atoms with Gasteiger partial charge in [-0.15, -0.1) is 0 Å². The monoisotopic (exact) mass is 377 g/mol. The average molecular weight is 378 g/mol. The van der Waals surface area contributed by atoms with Crippen molar-refractivity contribution in [2.45, 2.75) is 26.2 Å². The van der Waals surface area contributed by atoms with Gasteiger partial charge in [-0.25, -0.2) is 8.42 Å². The van der Waals surface area contributed by atoms with Crippen molar-refractivity contribution in [2.24, 2.45) is 0 Å². The second-order valence-electron chi connectivity index (χ2n) is 6.48. The van der Waals surface area contributed by atoms with E-state index in [2.05, 4.69) is 16.0 Å². The van der Waals surface area contributed by atoms with Crippen molar-refractivity contribution in [1.82, 2.24) is 25.2 Å². The molecule has 0 aromatic rings. The molecule has 0 aromatic carbocycles. The van der Waals surface area contributed by atoms with Crippen LogP contribution in [0, 0.1) is 0 Å². The van der Waals surface area contributed by atoms with E-state index < -0.39 is 10.0 Å². The third-order valence-corrected chi connectivity index (χ3v) is 5.62. The summed E-state index contributed by atoms with van der Waals surface area (Å²) in [5.41, 5.74) is 0. The van der Waals surface area contributed by atoms with Crippen LogP contribution >= 0.6 is 0 Å². The Balaban J connectivity index is 0.000000193. The van der Waals surface area contributed by atoms with Crippen LogP contribution in [0.15, 0.2) is 0 Å². The van der Waals surface area contributed by atoms with E-state index in [1.54, 1.807) is 6.92 Å². The Morgan fingerprint density at radius 2 is 1.20 bits per heavy atom. The molecule has 1 amide bonds. The molecular weight excluding hydrogens is 342 g/mol. The number of carbonyl (C=O) groups excluding carboxylic acids is 1. The van der Waals surface area contributed by atoms with E-state index in [1.165, 1.54) is 42.9 Å². The summed E-state index contributed by atoms with van der Waals surface area (Å²) < 4.78 is 23.3. The number of nitrogens with zero attached hydrogens (tertiary/aromatic N) is 2. The molecule has 0 aliphatic carbocycles. The van der Waals surface area contributed by atoms with Gasteiger partial charge in [0.15, 0.2) is 0 Å². The molecule has 9 heteroatoms. The summed E-state index contributed by atoms with van der Waals surface area (Å²) >= 11 is 0. The van der Waals surface area contributed by atoms with Crippen molar-refractivity contribution in [2.75, 3.05) is 71.7 Å². The van der Waals surface area contributed by atoms with E-state index in [0.29, 0.717) is 13.1 Å². The second kappa shape index (κ2) is 12.6. The van der Waals surface area contributed by atoms with Gasteiger partial charge in [-0.2, -0.15) is 4.31 Å². The SMILES string of the molecule is C1CCNCC1.CC(=O)N1CCNCC1.CS(=O)(=O)N1CCNCC1. The molecule has 0 radical (unpaired) electrons. The normalized spacial score (nSPS) is 22.1. The zero-order valence-electron chi connectivity index (χ0n) is 15.7. The van der Waals surface area contributed by atoms with Crippen LogP contribution in [0.2, 0.25) is 0 Å². The molecule has 0 aromatic heterocycles. The van der Waals surface area contributed by atoms with Gasteiger partial charge in [0.2, 0.25) is 15.9 Å². The molecule has 0 spiro atoms. The maximum absolute atomic E-state index is 10.9. The summed E-state index contributed by atoms with van der Waals surface area (Å²) in [4.78, 5) is 12.6. The third-order valence-electron chi connectivity index (χ3n) is 4.31. The summed E-state index contributed by atoms with van der Waals surface area (Å²) in [5, 5.41) is 9.54. The van der Waals surface area contributed by atoms with Gasteiger partial charge in [0.1, 0.15) is 0 Å². The fourth-order valence-electron chi connectivity index (χ4n) is 2.76. The second-order valence-corrected chi connectivity index (χ2v) is 8.46. The van der Waals surface area contributed by atoms with Crippen LogP contribution in [0.5, 0.6) is 0 Å². The minimum atomic E-state index is -2.93. The van der Waals surface area contributed by atoms with Crippen molar-refractivity contribution in [3.8, 4) is 0 Å². The standard InChI is InChI=1S/C6H12N2O.C5H12N2O2S.C5H11N/c1-6(9)8-4-2-7-3-5-8;1-10(8,9)7-4-2-6-3-5-7;1-2-4-6-5-3-1/h7H,2-5H2,1H3;6H,2-5H2,1H3;6H,1-5H2. The largest absolute Gasteiger partial charge is 0.340 e. The van der Waals surface area contributed by atoms with E-state index in [0.717, 1.165) is 39.3 Å². The van der Waals surface area contributed by atoms with Crippen molar-refractivity contribution in [3.63, 3.8) is 0 Å². The lowest BCUT2D eigenvalue weighted by Crippen LogP contribution is -2.45. The Morgan fingerprint density at radius 3 is 1.44 bits per heavy atom. The molecule has 3 aliphatic heterocycles. The fourth-order valence-corrected chi connectivity index (χ4v) is 3.60. The van der Waals surface area contributed by atoms with Crippen LogP contribution in [0.1, 0.15) is 26.2 Å². The van der Waals surface area contributed by atoms with Crippen LogP contribution in [-0.4, -0.2) is 95.2 Å². The molecular formula is C16H35N5O3S. The lowest BCUT2D eigenvalue weighted by Gasteiger charge is -2.25. The van der Waals surface area contributed by atoms with Gasteiger partial charge in [0, 0.05) is 59.3 Å². The highest BCUT2D eigenvalue weighted by molar-refractivity contribution is 7.88. The lowest BCUT2D eigenvalue weighted by molar-refractivity contribution is -0.129. The molecule has 25 heavy (non-hydrogen) atoms. The average Bonchev–Trinajstić information content (AvgIpc) is 2.65. The molecule has 3 rings (SSSR count). The van der Waals surface area contributed by atoms with Gasteiger partial charge in [-0.3, -0.25) is 4.79 Å². The van der Waals surface area contributed by atoms with Crippen LogP contribution in [0.3, 0.4) is 0 Å². The van der Waals surface area contributed by atoms with Crippen molar-refractivity contribution >= 4 is 15.9 Å². The highest BCUT2D eigenvalue weighted by atomic mass is 32.2. The molecule has 3 saturated heterocycles. The van der Waals surface area contributed by atoms with Gasteiger partial charge in [0.05, 0.1) is 6.26 Å². The number of rotatable bonds is 1. The summed E-state index contributed by atoms with van der Waals surface area (Å²) in [6, 6.07) is 0. The molecule has 3 N–H and O–H groups in total. The molecule has 148 valence electrons. The highest BCUT2D eigenvalue weighted by Crippen LogP contribution is 1.98. The molecule has 0 unspecified atom stereocenters. The van der Waals surface area contributed by atoms with Crippen LogP contribution in [0.4, 0.5) is 0 Å². The zero-order valence-corrected chi connectivity index (χ0v) is 16.5.